The average Bonchev–Trinajstić information content (AvgIpc) is 3.45. The Morgan fingerprint density at radius 2 is 1.95 bits per heavy atom. The number of H-pyrrole nitrogens is 1. The lowest BCUT2D eigenvalue weighted by atomic mass is 9.93. The minimum atomic E-state index is -0.468. The van der Waals surface area contributed by atoms with E-state index in [0.717, 1.165) is 47.1 Å². The highest BCUT2D eigenvalue weighted by atomic mass is 16.5. The van der Waals surface area contributed by atoms with Gasteiger partial charge in [-0.2, -0.15) is 5.10 Å². The molecule has 0 bridgehead atoms. The number of phenols is 1. The van der Waals surface area contributed by atoms with Gasteiger partial charge >= 0.3 is 0 Å². The van der Waals surface area contributed by atoms with Crippen LogP contribution in [0.15, 0.2) is 54.9 Å². The number of nitrogens with one attached hydrogen (secondary N) is 1. The normalized spacial score (nSPS) is 14.5. The molecule has 39 heavy (non-hydrogen) atoms. The van der Waals surface area contributed by atoms with E-state index in [-0.39, 0.29) is 11.7 Å². The molecular weight excluding hydrogens is 492 g/mol. The number of hydrogen-bond acceptors (Lipinski definition) is 6. The fourth-order valence-electron chi connectivity index (χ4n) is 5.35. The molecule has 4 aromatic rings. The quantitative estimate of drug-likeness (QED) is 0.242. The molecule has 0 aliphatic carbocycles. The number of aryl methyl sites for hydroxylation is 2. The average molecular weight is 527 g/mol. The molecule has 1 aliphatic rings. The van der Waals surface area contributed by atoms with Gasteiger partial charge in [-0.25, -0.2) is 0 Å². The molecule has 0 fully saturated rings. The Labute approximate surface area is 228 Å². The number of benzene rings is 2. The number of carbonyl (C=O) groups excluding carboxylic acids is 1. The smallest absolute Gasteiger partial charge is 0.273 e. The summed E-state index contributed by atoms with van der Waals surface area (Å²) in [4.78, 5) is 19.8. The van der Waals surface area contributed by atoms with Crippen LogP contribution >= 0.6 is 0 Å². The van der Waals surface area contributed by atoms with E-state index < -0.39 is 6.04 Å². The van der Waals surface area contributed by atoms with Crippen molar-refractivity contribution >= 4 is 5.91 Å². The lowest BCUT2D eigenvalue weighted by molar-refractivity contribution is 0.0729. The van der Waals surface area contributed by atoms with Crippen molar-refractivity contribution in [2.75, 3.05) is 13.7 Å². The van der Waals surface area contributed by atoms with E-state index in [1.54, 1.807) is 30.5 Å². The lowest BCUT2D eigenvalue weighted by Gasteiger charge is -2.27. The van der Waals surface area contributed by atoms with E-state index in [1.165, 1.54) is 0 Å². The summed E-state index contributed by atoms with van der Waals surface area (Å²) in [6.45, 7) is 7.00. The van der Waals surface area contributed by atoms with Crippen LogP contribution in [0.4, 0.5) is 0 Å². The summed E-state index contributed by atoms with van der Waals surface area (Å²) >= 11 is 0. The molecule has 3 heterocycles. The molecule has 1 unspecified atom stereocenters. The number of aromatic hydroxyl groups is 1. The van der Waals surface area contributed by atoms with E-state index >= 15 is 0 Å². The van der Waals surface area contributed by atoms with Gasteiger partial charge in [0.15, 0.2) is 11.5 Å². The number of carbonyl (C=O) groups is 1. The van der Waals surface area contributed by atoms with Crippen molar-refractivity contribution in [3.8, 4) is 28.5 Å². The summed E-state index contributed by atoms with van der Waals surface area (Å²) in [7, 11) is 1.62. The number of hydrogen-bond donors (Lipinski definition) is 2. The van der Waals surface area contributed by atoms with Gasteiger partial charge in [-0.3, -0.25) is 14.9 Å². The minimum absolute atomic E-state index is 0.132. The van der Waals surface area contributed by atoms with Crippen LogP contribution < -0.4 is 9.47 Å². The fourth-order valence-corrected chi connectivity index (χ4v) is 5.35. The molecule has 0 spiro atoms. The summed E-state index contributed by atoms with van der Waals surface area (Å²) < 4.78 is 11.7. The summed E-state index contributed by atoms with van der Waals surface area (Å²) in [5, 5.41) is 18.5. The lowest BCUT2D eigenvalue weighted by Crippen LogP contribution is -2.29. The zero-order valence-electron chi connectivity index (χ0n) is 22.8. The van der Waals surface area contributed by atoms with Crippen LogP contribution in [0.2, 0.25) is 0 Å². The van der Waals surface area contributed by atoms with Gasteiger partial charge in [0.25, 0.3) is 5.91 Å². The van der Waals surface area contributed by atoms with Crippen LogP contribution in [0.5, 0.6) is 17.2 Å². The number of aromatic nitrogens is 3. The Morgan fingerprint density at radius 3 is 2.67 bits per heavy atom. The molecule has 5 rings (SSSR count). The van der Waals surface area contributed by atoms with Crippen LogP contribution in [-0.4, -0.2) is 44.8 Å². The Kier molecular flexibility index (Phi) is 7.54. The van der Waals surface area contributed by atoms with E-state index in [2.05, 4.69) is 22.1 Å². The van der Waals surface area contributed by atoms with Crippen molar-refractivity contribution in [1.29, 1.82) is 0 Å². The third kappa shape index (κ3) is 5.06. The van der Waals surface area contributed by atoms with Gasteiger partial charge in [-0.05, 0) is 66.8 Å². The number of ether oxygens (including phenoxy) is 2. The first-order valence-electron chi connectivity index (χ1n) is 13.3. The second-order valence-corrected chi connectivity index (χ2v) is 10.00. The third-order valence-electron chi connectivity index (χ3n) is 7.14. The number of unbranched alkanes of at least 4 members (excludes halogenated alkanes) is 2. The Morgan fingerprint density at radius 1 is 1.10 bits per heavy atom. The maximum absolute atomic E-state index is 13.8. The summed E-state index contributed by atoms with van der Waals surface area (Å²) in [6.07, 6.45) is 6.67. The molecule has 0 saturated carbocycles. The standard InChI is InChI=1S/C31H34N4O4/c1-5-6-7-13-39-24-11-10-22(16-25(24)38-4)30-27-28(26-20(3)14-19(2)15-23(26)36)33-34-29(27)31(37)35(30)18-21-9-8-12-32-17-21/h8-12,14-17,30,36H,5-7,13,18H2,1-4H3,(H,33,34). The molecule has 8 nitrogen and oxygen atoms in total. The van der Waals surface area contributed by atoms with Gasteiger partial charge in [-0.1, -0.05) is 38.0 Å². The van der Waals surface area contributed by atoms with Gasteiger partial charge < -0.3 is 19.5 Å². The van der Waals surface area contributed by atoms with Crippen molar-refractivity contribution < 1.29 is 19.4 Å². The van der Waals surface area contributed by atoms with E-state index in [1.807, 2.05) is 50.2 Å². The van der Waals surface area contributed by atoms with E-state index in [0.29, 0.717) is 41.6 Å². The van der Waals surface area contributed by atoms with Crippen LogP contribution in [0.1, 0.15) is 70.5 Å². The van der Waals surface area contributed by atoms with Gasteiger partial charge in [0.05, 0.1) is 19.8 Å². The number of pyridine rings is 1. The number of aromatic amines is 1. The second kappa shape index (κ2) is 11.2. The number of fused-ring (bicyclic) bond motifs is 1. The first-order chi connectivity index (χ1) is 18.9. The summed E-state index contributed by atoms with van der Waals surface area (Å²) in [5.74, 6) is 1.23. The predicted molar refractivity (Wildman–Crippen MR) is 149 cm³/mol. The second-order valence-electron chi connectivity index (χ2n) is 10.00. The van der Waals surface area contributed by atoms with Crippen molar-refractivity contribution in [3.63, 3.8) is 0 Å². The maximum atomic E-state index is 13.8. The molecule has 1 atom stereocenters. The van der Waals surface area contributed by atoms with Crippen LogP contribution in [0.25, 0.3) is 11.3 Å². The molecule has 2 aromatic heterocycles. The van der Waals surface area contributed by atoms with Gasteiger partial charge in [0.1, 0.15) is 17.1 Å². The number of methoxy groups -OCH3 is 1. The molecule has 1 aliphatic heterocycles. The van der Waals surface area contributed by atoms with Crippen molar-refractivity contribution in [2.24, 2.45) is 0 Å². The molecule has 2 N–H and O–H groups in total. The van der Waals surface area contributed by atoms with Gasteiger partial charge in [0.2, 0.25) is 0 Å². The SMILES string of the molecule is CCCCCOc1ccc(C2c3c(-c4c(C)cc(C)cc4O)n[nH]c3C(=O)N2Cc2cccnc2)cc1OC. The molecule has 0 radical (unpaired) electrons. The van der Waals surface area contributed by atoms with E-state index in [9.17, 15) is 9.90 Å². The number of amides is 1. The fraction of sp³-hybridized carbons (Fsp3) is 0.323. The highest BCUT2D eigenvalue weighted by Crippen LogP contribution is 2.47. The largest absolute Gasteiger partial charge is 0.507 e. The zero-order chi connectivity index (χ0) is 27.5. The zero-order valence-corrected chi connectivity index (χ0v) is 22.8. The Bertz CT molecular complexity index is 1460. The highest BCUT2D eigenvalue weighted by molar-refractivity contribution is 6.00. The Hall–Kier alpha value is -4.33. The maximum Gasteiger partial charge on any atom is 0.273 e. The third-order valence-corrected chi connectivity index (χ3v) is 7.14. The van der Waals surface area contributed by atoms with Crippen molar-refractivity contribution in [3.05, 3.63) is 88.4 Å². The minimum Gasteiger partial charge on any atom is -0.507 e. The van der Waals surface area contributed by atoms with Crippen LogP contribution in [-0.2, 0) is 6.54 Å². The van der Waals surface area contributed by atoms with Crippen LogP contribution in [0.3, 0.4) is 0 Å². The van der Waals surface area contributed by atoms with E-state index in [4.69, 9.17) is 9.47 Å². The van der Waals surface area contributed by atoms with Crippen LogP contribution in [0, 0.1) is 13.8 Å². The molecule has 0 saturated heterocycles. The predicted octanol–water partition coefficient (Wildman–Crippen LogP) is 6.12. The van der Waals surface area contributed by atoms with Crippen molar-refractivity contribution in [2.45, 2.75) is 52.6 Å². The number of nitrogens with zero attached hydrogens (tertiary/aromatic N) is 3. The van der Waals surface area contributed by atoms with Gasteiger partial charge in [0, 0.05) is 30.1 Å². The molecule has 202 valence electrons. The first kappa shape index (κ1) is 26.3. The molecule has 1 amide bonds. The number of phenolic OH excluding ortho intramolecular Hbond substituents is 1. The molecule has 8 heteroatoms. The number of rotatable bonds is 10. The summed E-state index contributed by atoms with van der Waals surface area (Å²) in [6, 6.07) is 12.9. The monoisotopic (exact) mass is 526 g/mol. The molecular formula is C31H34N4O4. The van der Waals surface area contributed by atoms with Gasteiger partial charge in [-0.15, -0.1) is 0 Å². The van der Waals surface area contributed by atoms with Crippen molar-refractivity contribution in [1.82, 2.24) is 20.1 Å². The highest BCUT2D eigenvalue weighted by Gasteiger charge is 2.43. The Balaban J connectivity index is 1.61. The molecule has 2 aromatic carbocycles. The first-order valence-corrected chi connectivity index (χ1v) is 13.3. The summed E-state index contributed by atoms with van der Waals surface area (Å²) in [5.41, 5.74) is 5.91. The topological polar surface area (TPSA) is 101 Å².